The molecule has 0 amide bonds. The maximum atomic E-state index is 2.27. The number of aryl methyl sites for hydroxylation is 6. The average Bonchev–Trinajstić information content (AvgIpc) is 3.09. The number of hydrogen-bond donors (Lipinski definition) is 0. The van der Waals surface area contributed by atoms with Gasteiger partial charge in [-0.3, -0.25) is 0 Å². The predicted octanol–water partition coefficient (Wildman–Crippen LogP) is 1.76. The zero-order valence-corrected chi connectivity index (χ0v) is 23.4. The van der Waals surface area contributed by atoms with Crippen molar-refractivity contribution in [2.24, 2.45) is 0 Å². The molecule has 4 aromatic rings. The van der Waals surface area contributed by atoms with E-state index in [2.05, 4.69) is 122 Å². The van der Waals surface area contributed by atoms with Gasteiger partial charge in [-0.1, -0.05) is 36.1 Å². The Morgan fingerprint density at radius 3 is 1.13 bits per heavy atom. The van der Waals surface area contributed by atoms with E-state index in [9.17, 15) is 0 Å². The maximum absolute atomic E-state index is 2.27. The summed E-state index contributed by atoms with van der Waals surface area (Å²) in [6, 6.07) is 18.0. The zero-order valence-electron chi connectivity index (χ0n) is 19.4. The molecule has 0 aliphatic rings. The van der Waals surface area contributed by atoms with Gasteiger partial charge in [-0.25, -0.2) is 0 Å². The van der Waals surface area contributed by atoms with Gasteiger partial charge in [0.2, 0.25) is 0 Å². The second-order valence-corrected chi connectivity index (χ2v) is 14.9. The van der Waals surface area contributed by atoms with Crippen molar-refractivity contribution in [2.75, 3.05) is 0 Å². The number of fused-ring (bicyclic) bond motifs is 2. The summed E-state index contributed by atoms with van der Waals surface area (Å²) in [4.78, 5) is 0. The average molecular weight is 491 g/mol. The van der Waals surface area contributed by atoms with Gasteiger partial charge >= 0.3 is 38.5 Å². The van der Waals surface area contributed by atoms with Gasteiger partial charge in [0.05, 0.1) is 0 Å². The van der Waals surface area contributed by atoms with Crippen LogP contribution in [0.2, 0.25) is 13.1 Å². The van der Waals surface area contributed by atoms with Crippen LogP contribution < -0.4 is 24.8 Å². The van der Waals surface area contributed by atoms with E-state index >= 15 is 0 Å². The van der Waals surface area contributed by atoms with Crippen LogP contribution in [0.3, 0.4) is 0 Å². The molecule has 0 aromatic heterocycles. The monoisotopic (exact) mass is 490 g/mol. The van der Waals surface area contributed by atoms with Gasteiger partial charge in [-0.15, -0.1) is 69.1 Å². The maximum Gasteiger partial charge on any atom is -0.0411 e. The fourth-order valence-electron chi connectivity index (χ4n) is 3.29. The molecule has 0 N–H and O–H groups in total. The third-order valence-corrected chi connectivity index (χ3v) is 4.93. The summed E-state index contributed by atoms with van der Waals surface area (Å²) in [5, 5.41) is 5.48. The Hall–Kier alpha value is -0.829. The Morgan fingerprint density at radius 2 is 0.833 bits per heavy atom. The third-order valence-electron chi connectivity index (χ3n) is 4.93. The molecule has 0 bridgehead atoms. The van der Waals surface area contributed by atoms with Crippen LogP contribution in [0.1, 0.15) is 33.4 Å². The Kier molecular flexibility index (Phi) is 12.5. The van der Waals surface area contributed by atoms with E-state index in [0.717, 1.165) is 0 Å². The van der Waals surface area contributed by atoms with Crippen LogP contribution in [0.15, 0.2) is 48.5 Å². The van der Waals surface area contributed by atoms with E-state index < -0.39 is 0 Å². The van der Waals surface area contributed by atoms with Crippen molar-refractivity contribution < 1.29 is 44.0 Å². The summed E-state index contributed by atoms with van der Waals surface area (Å²) in [5.41, 5.74) is 8.24. The predicted molar refractivity (Wildman–Crippen MR) is 125 cm³/mol. The molecule has 0 aliphatic heterocycles. The van der Waals surface area contributed by atoms with Gasteiger partial charge in [-0.2, -0.15) is 12.1 Å². The standard InChI is InChI=1S/2C12H13.C2H6Si.2ClH.Ti/c2*1-8-4-11-6-9(2)10(3)7-12(11)5-8;1-3-2;;;/h2*4-7H,1-3H3;1-2H3;2*1H;/q2*-1;;;;+2/p-2. The summed E-state index contributed by atoms with van der Waals surface area (Å²) >= 11 is 2.27. The summed E-state index contributed by atoms with van der Waals surface area (Å²) in [5.74, 6) is 0. The van der Waals surface area contributed by atoms with Gasteiger partial charge in [0.25, 0.3) is 0 Å². The fraction of sp³-hybridized carbons (Fsp3) is 0.308. The van der Waals surface area contributed by atoms with Crippen LogP contribution in [0, 0.1) is 41.5 Å². The molecule has 0 nitrogen and oxygen atoms in total. The van der Waals surface area contributed by atoms with Gasteiger partial charge in [-0.05, 0) is 27.7 Å². The molecule has 4 aromatic carbocycles. The van der Waals surface area contributed by atoms with Gasteiger partial charge < -0.3 is 24.8 Å². The first-order valence-corrected chi connectivity index (χ1v) is 14.7. The van der Waals surface area contributed by atoms with E-state index in [4.69, 9.17) is 0 Å². The molecule has 30 heavy (non-hydrogen) atoms. The van der Waals surface area contributed by atoms with Crippen LogP contribution in [0.4, 0.5) is 0 Å². The Morgan fingerprint density at radius 1 is 0.567 bits per heavy atom. The Labute approximate surface area is 207 Å². The minimum Gasteiger partial charge on any atom is -1.00 e. The minimum atomic E-state index is 0. The normalized spacial score (nSPS) is 9.67. The summed E-state index contributed by atoms with van der Waals surface area (Å²) in [7, 11) is 0. The van der Waals surface area contributed by atoms with Crippen molar-refractivity contribution in [3.63, 3.8) is 0 Å². The first-order chi connectivity index (χ1) is 13.1. The van der Waals surface area contributed by atoms with Crippen molar-refractivity contribution in [3.05, 3.63) is 81.9 Å². The quantitative estimate of drug-likeness (QED) is 0.260. The number of benzene rings is 2. The first kappa shape index (κ1) is 29.2. The van der Waals surface area contributed by atoms with Gasteiger partial charge in [0.1, 0.15) is 0 Å². The molecule has 0 aliphatic carbocycles. The summed E-state index contributed by atoms with van der Waals surface area (Å²) < 4.78 is 0. The van der Waals surface area contributed by atoms with E-state index in [1.807, 2.05) is 0 Å². The van der Waals surface area contributed by atoms with Crippen molar-refractivity contribution in [2.45, 2.75) is 54.6 Å². The molecule has 0 heterocycles. The minimum absolute atomic E-state index is 0. The van der Waals surface area contributed by atoms with Crippen molar-refractivity contribution in [3.8, 4) is 0 Å². The van der Waals surface area contributed by atoms with E-state index in [1.54, 1.807) is 0 Å². The molecule has 4 heteroatoms. The molecule has 0 fully saturated rings. The Balaban J connectivity index is 0.000000452. The van der Waals surface area contributed by atoms with Crippen LogP contribution in [-0.2, 0) is 19.2 Å². The SMILES string of the molecule is C[Si](C)=[Ti+2].Cc1cc2cc(C)c(C)cc2[cH-]1.Cc1cc2cc(C)c(C)cc2[cH-]1.[Cl-].[Cl-]. The number of halogens is 2. The zero-order chi connectivity index (χ0) is 21.0. The summed E-state index contributed by atoms with van der Waals surface area (Å²) in [6.07, 6.45) is 0.120. The number of rotatable bonds is 0. The van der Waals surface area contributed by atoms with E-state index in [0.29, 0.717) is 0 Å². The van der Waals surface area contributed by atoms with Gasteiger partial charge in [0, 0.05) is 0 Å². The molecule has 0 saturated heterocycles. The van der Waals surface area contributed by atoms with Crippen molar-refractivity contribution in [1.29, 1.82) is 0 Å². The second kappa shape index (κ2) is 12.9. The third kappa shape index (κ3) is 8.36. The van der Waals surface area contributed by atoms with Gasteiger partial charge in [0.15, 0.2) is 0 Å². The van der Waals surface area contributed by atoms with Crippen LogP contribution in [0.25, 0.3) is 21.5 Å². The second-order valence-electron chi connectivity index (χ2n) is 8.20. The number of hydrogen-bond acceptors (Lipinski definition) is 0. The first-order valence-electron chi connectivity index (χ1n) is 9.87. The Bertz CT molecular complexity index is 953. The van der Waals surface area contributed by atoms with E-state index in [-0.39, 0.29) is 31.0 Å². The topological polar surface area (TPSA) is 0 Å². The molecular weight excluding hydrogens is 459 g/mol. The van der Waals surface area contributed by atoms with Crippen molar-refractivity contribution in [1.82, 2.24) is 0 Å². The smallest absolute Gasteiger partial charge is 0.0411 e. The molecule has 0 saturated carbocycles. The van der Waals surface area contributed by atoms with Crippen molar-refractivity contribution >= 4 is 27.7 Å². The largest absolute Gasteiger partial charge is 1.00 e. The molecule has 160 valence electrons. The molecule has 0 radical (unpaired) electrons. The molecule has 0 atom stereocenters. The van der Waals surface area contributed by atoms with E-state index in [1.165, 1.54) is 54.9 Å². The molecule has 0 unspecified atom stereocenters. The van der Waals surface area contributed by atoms with Crippen LogP contribution >= 0.6 is 0 Å². The fourth-order valence-corrected chi connectivity index (χ4v) is 3.29. The summed E-state index contributed by atoms with van der Waals surface area (Å²) in [6.45, 7) is 17.5. The molecule has 4 rings (SSSR count). The van der Waals surface area contributed by atoms with Crippen LogP contribution in [-0.4, -0.2) is 6.19 Å². The molecular formula is C26H32Cl2SiTi-2. The van der Waals surface area contributed by atoms with Crippen LogP contribution in [0.5, 0.6) is 0 Å². The molecule has 0 spiro atoms.